The maximum atomic E-state index is 12.4. The Morgan fingerprint density at radius 1 is 1.00 bits per heavy atom. The smallest absolute Gasteiger partial charge is 0.251 e. The van der Waals surface area contributed by atoms with Gasteiger partial charge in [0.1, 0.15) is 16.7 Å². The number of rotatable bonds is 7. The number of aromatic nitrogens is 3. The van der Waals surface area contributed by atoms with Gasteiger partial charge < -0.3 is 19.8 Å². The first-order valence-electron chi connectivity index (χ1n) is 9.84. The highest BCUT2D eigenvalue weighted by Crippen LogP contribution is 2.24. The molecular formula is C24H21ClN4O3. The average Bonchev–Trinajstić information content (AvgIpc) is 3.33. The van der Waals surface area contributed by atoms with Crippen molar-refractivity contribution in [3.8, 4) is 34.3 Å². The molecule has 0 aliphatic rings. The van der Waals surface area contributed by atoms with Gasteiger partial charge in [-0.25, -0.2) is 9.97 Å². The summed E-state index contributed by atoms with van der Waals surface area (Å²) in [5.74, 6) is 1.61. The molecule has 0 fully saturated rings. The van der Waals surface area contributed by atoms with Gasteiger partial charge in [-0.05, 0) is 41.5 Å². The van der Waals surface area contributed by atoms with Gasteiger partial charge >= 0.3 is 0 Å². The molecular weight excluding hydrogens is 428 g/mol. The lowest BCUT2D eigenvalue weighted by molar-refractivity contribution is 0.0950. The number of H-pyrrole nitrogens is 1. The number of nitrogens with one attached hydrogen (secondary N) is 2. The summed E-state index contributed by atoms with van der Waals surface area (Å²) in [7, 11) is 3.12. The quantitative estimate of drug-likeness (QED) is 0.398. The van der Waals surface area contributed by atoms with Crippen LogP contribution in [0, 0.1) is 0 Å². The summed E-state index contributed by atoms with van der Waals surface area (Å²) < 4.78 is 10.3. The number of aromatic amines is 1. The predicted octanol–water partition coefficient (Wildman–Crippen LogP) is 4.74. The molecule has 2 aromatic heterocycles. The van der Waals surface area contributed by atoms with Crippen LogP contribution in [0.5, 0.6) is 11.6 Å². The largest absolute Gasteiger partial charge is 0.497 e. The van der Waals surface area contributed by atoms with E-state index in [1.54, 1.807) is 19.4 Å². The summed E-state index contributed by atoms with van der Waals surface area (Å²) >= 11 is 5.93. The number of nitrogens with zero attached hydrogens (tertiary/aromatic N) is 2. The van der Waals surface area contributed by atoms with E-state index in [4.69, 9.17) is 21.1 Å². The van der Waals surface area contributed by atoms with Crippen molar-refractivity contribution in [2.75, 3.05) is 14.2 Å². The number of hydrogen-bond acceptors (Lipinski definition) is 5. The van der Waals surface area contributed by atoms with Crippen LogP contribution in [0.2, 0.25) is 5.15 Å². The van der Waals surface area contributed by atoms with E-state index in [2.05, 4.69) is 20.3 Å². The molecule has 0 radical (unpaired) electrons. The van der Waals surface area contributed by atoms with E-state index in [0.29, 0.717) is 18.0 Å². The molecule has 4 aromatic rings. The third-order valence-electron chi connectivity index (χ3n) is 4.90. The molecule has 2 N–H and O–H groups in total. The van der Waals surface area contributed by atoms with Crippen LogP contribution in [0.25, 0.3) is 22.6 Å². The van der Waals surface area contributed by atoms with Gasteiger partial charge in [0.25, 0.3) is 5.91 Å². The summed E-state index contributed by atoms with van der Waals surface area (Å²) in [6.45, 7) is 0.372. The average molecular weight is 449 g/mol. The van der Waals surface area contributed by atoms with Gasteiger partial charge in [-0.3, -0.25) is 4.79 Å². The third kappa shape index (κ3) is 4.90. The molecule has 0 bridgehead atoms. The number of amides is 1. The maximum absolute atomic E-state index is 12.4. The topological polar surface area (TPSA) is 89.1 Å². The lowest BCUT2D eigenvalue weighted by Crippen LogP contribution is -2.22. The second-order valence-corrected chi connectivity index (χ2v) is 7.36. The second-order valence-electron chi connectivity index (χ2n) is 6.97. The van der Waals surface area contributed by atoms with E-state index in [1.807, 2.05) is 48.5 Å². The van der Waals surface area contributed by atoms with Crippen LogP contribution >= 0.6 is 11.6 Å². The van der Waals surface area contributed by atoms with Gasteiger partial charge in [0, 0.05) is 23.7 Å². The van der Waals surface area contributed by atoms with E-state index in [1.165, 1.54) is 13.2 Å². The Morgan fingerprint density at radius 3 is 2.41 bits per heavy atom. The molecule has 0 unspecified atom stereocenters. The molecule has 162 valence electrons. The minimum Gasteiger partial charge on any atom is -0.497 e. The van der Waals surface area contributed by atoms with Crippen molar-refractivity contribution in [3.63, 3.8) is 0 Å². The first-order chi connectivity index (χ1) is 15.6. The molecule has 1 amide bonds. The Bertz CT molecular complexity index is 1220. The number of methoxy groups -OCH3 is 2. The van der Waals surface area contributed by atoms with E-state index < -0.39 is 0 Å². The highest BCUT2D eigenvalue weighted by Gasteiger charge is 2.10. The van der Waals surface area contributed by atoms with Crippen molar-refractivity contribution < 1.29 is 14.3 Å². The molecule has 0 atom stereocenters. The van der Waals surface area contributed by atoms with Gasteiger partial charge in [0.05, 0.1) is 26.1 Å². The second kappa shape index (κ2) is 9.53. The fourth-order valence-corrected chi connectivity index (χ4v) is 3.36. The van der Waals surface area contributed by atoms with Crippen LogP contribution in [0.4, 0.5) is 0 Å². The van der Waals surface area contributed by atoms with Gasteiger partial charge in [-0.15, -0.1) is 0 Å². The number of hydrogen-bond donors (Lipinski definition) is 2. The van der Waals surface area contributed by atoms with E-state index in [0.717, 1.165) is 34.0 Å². The molecule has 32 heavy (non-hydrogen) atoms. The molecule has 2 aromatic carbocycles. The molecule has 0 aliphatic carbocycles. The first kappa shape index (κ1) is 21.4. The zero-order valence-corrected chi connectivity index (χ0v) is 18.3. The molecule has 8 heteroatoms. The fraction of sp³-hybridized carbons (Fsp3) is 0.125. The molecule has 0 saturated heterocycles. The molecule has 2 heterocycles. The van der Waals surface area contributed by atoms with Crippen molar-refractivity contribution in [1.29, 1.82) is 0 Å². The van der Waals surface area contributed by atoms with Crippen LogP contribution in [0.3, 0.4) is 0 Å². The maximum Gasteiger partial charge on any atom is 0.251 e. The lowest BCUT2D eigenvalue weighted by Gasteiger charge is -2.08. The van der Waals surface area contributed by atoms with Crippen LogP contribution in [0.1, 0.15) is 15.9 Å². The minimum atomic E-state index is -0.258. The molecule has 0 saturated carbocycles. The Balaban J connectivity index is 1.41. The summed E-state index contributed by atoms with van der Waals surface area (Å²) in [6.07, 6.45) is 1.80. The highest BCUT2D eigenvalue weighted by molar-refractivity contribution is 6.29. The van der Waals surface area contributed by atoms with Gasteiger partial charge in [0.2, 0.25) is 5.88 Å². The van der Waals surface area contributed by atoms with E-state index >= 15 is 0 Å². The number of ether oxygens (including phenoxy) is 2. The van der Waals surface area contributed by atoms with Crippen LogP contribution in [0.15, 0.2) is 66.9 Å². The summed E-state index contributed by atoms with van der Waals surface area (Å²) in [4.78, 5) is 24.2. The van der Waals surface area contributed by atoms with Crippen LogP contribution < -0.4 is 14.8 Å². The van der Waals surface area contributed by atoms with Crippen molar-refractivity contribution in [2.45, 2.75) is 6.54 Å². The predicted molar refractivity (Wildman–Crippen MR) is 123 cm³/mol. The Labute approximate surface area is 190 Å². The number of carbonyl (C=O) groups excluding carboxylic acids is 1. The van der Waals surface area contributed by atoms with Gasteiger partial charge in [-0.2, -0.15) is 0 Å². The zero-order valence-electron chi connectivity index (χ0n) is 17.6. The number of halogens is 1. The van der Waals surface area contributed by atoms with Crippen LogP contribution in [-0.4, -0.2) is 35.1 Å². The molecule has 0 aliphatic heterocycles. The fourth-order valence-electron chi connectivity index (χ4n) is 3.16. The Kier molecular flexibility index (Phi) is 6.37. The molecule has 4 rings (SSSR count). The Hall–Kier alpha value is -3.84. The summed E-state index contributed by atoms with van der Waals surface area (Å²) in [5.41, 5.74) is 4.24. The lowest BCUT2D eigenvalue weighted by atomic mass is 10.1. The van der Waals surface area contributed by atoms with E-state index in [-0.39, 0.29) is 11.1 Å². The minimum absolute atomic E-state index is 0.200. The monoisotopic (exact) mass is 448 g/mol. The molecule has 7 nitrogen and oxygen atoms in total. The highest BCUT2D eigenvalue weighted by atomic mass is 35.5. The summed E-state index contributed by atoms with van der Waals surface area (Å²) in [6, 6.07) is 18.7. The van der Waals surface area contributed by atoms with Crippen molar-refractivity contribution >= 4 is 17.5 Å². The first-order valence-corrected chi connectivity index (χ1v) is 10.2. The van der Waals surface area contributed by atoms with E-state index in [9.17, 15) is 4.79 Å². The van der Waals surface area contributed by atoms with Gasteiger partial charge in [-0.1, -0.05) is 35.9 Å². The summed E-state index contributed by atoms with van der Waals surface area (Å²) in [5, 5.41) is 3.07. The van der Waals surface area contributed by atoms with Gasteiger partial charge in [0.15, 0.2) is 0 Å². The standard InChI is InChI=1S/C24H21ClN4O3/c1-31-19-9-7-16(8-10-19)20-14-26-23(28-20)17-5-3-15(4-6-17)13-27-24(30)18-11-21(25)29-22(12-18)32-2/h3-12,14H,13H2,1-2H3,(H,26,28)(H,27,30). The third-order valence-corrected chi connectivity index (χ3v) is 5.09. The zero-order chi connectivity index (χ0) is 22.5. The van der Waals surface area contributed by atoms with Crippen molar-refractivity contribution in [1.82, 2.24) is 20.3 Å². The number of pyridine rings is 1. The normalized spacial score (nSPS) is 10.6. The van der Waals surface area contributed by atoms with Crippen molar-refractivity contribution in [2.24, 2.45) is 0 Å². The number of benzene rings is 2. The molecule has 0 spiro atoms. The Morgan fingerprint density at radius 2 is 1.72 bits per heavy atom. The number of imidazole rings is 1. The van der Waals surface area contributed by atoms with Crippen LogP contribution in [-0.2, 0) is 6.54 Å². The SMILES string of the molecule is COc1ccc(-c2cnc(-c3ccc(CNC(=O)c4cc(Cl)nc(OC)c4)cc3)[nH]2)cc1. The van der Waals surface area contributed by atoms with Crippen molar-refractivity contribution in [3.05, 3.63) is 83.1 Å². The number of carbonyl (C=O) groups is 1.